The number of halogens is 1. The van der Waals surface area contributed by atoms with Gasteiger partial charge in [-0.2, -0.15) is 5.10 Å². The highest BCUT2D eigenvalue weighted by Crippen LogP contribution is 2.23. The number of hydrogen-bond acceptors (Lipinski definition) is 4. The first-order chi connectivity index (χ1) is 6.16. The van der Waals surface area contributed by atoms with E-state index in [9.17, 15) is 0 Å². The molecule has 0 aliphatic heterocycles. The van der Waals surface area contributed by atoms with E-state index in [0.717, 1.165) is 12.8 Å². The number of aromatic nitrogens is 2. The molecule has 0 unspecified atom stereocenters. The van der Waals surface area contributed by atoms with Gasteiger partial charge in [0.15, 0.2) is 5.15 Å². The Morgan fingerprint density at radius 3 is 2.54 bits per heavy atom. The Labute approximate surface area is 81.3 Å². The van der Waals surface area contributed by atoms with Crippen LogP contribution in [-0.2, 0) is 6.54 Å². The second-order valence-corrected chi connectivity index (χ2v) is 3.10. The van der Waals surface area contributed by atoms with Gasteiger partial charge in [-0.1, -0.05) is 11.6 Å². The lowest BCUT2D eigenvalue weighted by Crippen LogP contribution is -2.06. The molecule has 13 heavy (non-hydrogen) atoms. The number of nitrogens with zero attached hydrogens (tertiary/aromatic N) is 2. The van der Waals surface area contributed by atoms with Gasteiger partial charge in [0.2, 0.25) is 0 Å². The van der Waals surface area contributed by atoms with Gasteiger partial charge in [0, 0.05) is 13.2 Å². The molecule has 0 spiro atoms. The first-order valence-electron chi connectivity index (χ1n) is 4.05. The maximum Gasteiger partial charge on any atom is 0.176 e. The van der Waals surface area contributed by atoms with Crippen LogP contribution in [0.1, 0.15) is 12.8 Å². The zero-order valence-electron chi connectivity index (χ0n) is 7.20. The molecule has 0 atom stereocenters. The topological polar surface area (TPSA) is 90.1 Å². The van der Waals surface area contributed by atoms with E-state index >= 15 is 0 Å². The molecular weight excluding hydrogens is 192 g/mol. The summed E-state index contributed by atoms with van der Waals surface area (Å²) in [4.78, 5) is 0. The molecule has 74 valence electrons. The third kappa shape index (κ3) is 2.26. The van der Waals surface area contributed by atoms with Gasteiger partial charge in [0.25, 0.3) is 0 Å². The van der Waals surface area contributed by atoms with E-state index in [4.69, 9.17) is 28.2 Å². The zero-order chi connectivity index (χ0) is 9.84. The van der Waals surface area contributed by atoms with E-state index in [0.29, 0.717) is 18.1 Å². The fourth-order valence-electron chi connectivity index (χ4n) is 1.00. The summed E-state index contributed by atoms with van der Waals surface area (Å²) in [5.41, 5.74) is 11.5. The fraction of sp³-hybridized carbons (Fsp3) is 0.571. The predicted molar refractivity (Wildman–Crippen MR) is 52.4 cm³/mol. The van der Waals surface area contributed by atoms with Gasteiger partial charge in [-0.05, 0) is 12.8 Å². The molecule has 1 rings (SSSR count). The van der Waals surface area contributed by atoms with Crippen LogP contribution in [0.15, 0.2) is 0 Å². The van der Waals surface area contributed by atoms with Crippen molar-refractivity contribution in [2.45, 2.75) is 19.4 Å². The lowest BCUT2D eigenvalue weighted by atomic mass is 10.3. The Morgan fingerprint density at radius 1 is 1.38 bits per heavy atom. The quantitative estimate of drug-likeness (QED) is 0.622. The van der Waals surface area contributed by atoms with Gasteiger partial charge in [-0.25, -0.2) is 4.68 Å². The molecule has 0 fully saturated rings. The summed E-state index contributed by atoms with van der Waals surface area (Å²) in [6, 6.07) is 0. The van der Waals surface area contributed by atoms with E-state index in [1.54, 1.807) is 4.68 Å². The molecule has 0 amide bonds. The van der Waals surface area contributed by atoms with Crippen molar-refractivity contribution in [1.82, 2.24) is 9.78 Å². The van der Waals surface area contributed by atoms with Crippen LogP contribution in [-0.4, -0.2) is 21.5 Å². The fourth-order valence-corrected chi connectivity index (χ4v) is 1.19. The van der Waals surface area contributed by atoms with Crippen LogP contribution in [0.3, 0.4) is 0 Å². The van der Waals surface area contributed by atoms with Crippen LogP contribution < -0.4 is 11.5 Å². The molecule has 5 nitrogen and oxygen atoms in total. The van der Waals surface area contributed by atoms with Gasteiger partial charge in [0.1, 0.15) is 11.5 Å². The number of aryl methyl sites for hydroxylation is 1. The highest BCUT2D eigenvalue weighted by Gasteiger charge is 2.09. The van der Waals surface area contributed by atoms with Gasteiger partial charge >= 0.3 is 0 Å². The van der Waals surface area contributed by atoms with Crippen LogP contribution in [0, 0.1) is 0 Å². The maximum atomic E-state index is 8.56. The smallest absolute Gasteiger partial charge is 0.176 e. The van der Waals surface area contributed by atoms with Crippen LogP contribution in [0.2, 0.25) is 5.15 Å². The van der Waals surface area contributed by atoms with Crippen LogP contribution in [0.4, 0.5) is 11.5 Å². The van der Waals surface area contributed by atoms with Crippen LogP contribution >= 0.6 is 11.6 Å². The number of nitrogen functional groups attached to an aromatic ring is 2. The Bertz CT molecular complexity index is 286. The van der Waals surface area contributed by atoms with E-state index in [1.165, 1.54) is 0 Å². The molecular formula is C7H13ClN4O. The van der Waals surface area contributed by atoms with E-state index in [2.05, 4.69) is 5.10 Å². The first-order valence-corrected chi connectivity index (χ1v) is 4.42. The monoisotopic (exact) mass is 204 g/mol. The molecule has 0 saturated heterocycles. The molecule has 5 N–H and O–H groups in total. The Hall–Kier alpha value is -0.940. The van der Waals surface area contributed by atoms with E-state index < -0.39 is 0 Å². The van der Waals surface area contributed by atoms with E-state index in [1.807, 2.05) is 0 Å². The summed E-state index contributed by atoms with van der Waals surface area (Å²) < 4.78 is 1.55. The van der Waals surface area contributed by atoms with Crippen molar-refractivity contribution in [3.8, 4) is 0 Å². The molecule has 0 bridgehead atoms. The molecule has 1 aromatic heterocycles. The average Bonchev–Trinajstić information content (AvgIpc) is 2.34. The summed E-state index contributed by atoms with van der Waals surface area (Å²) in [6.07, 6.45) is 1.52. The molecule has 0 aromatic carbocycles. The summed E-state index contributed by atoms with van der Waals surface area (Å²) in [7, 11) is 0. The molecule has 6 heteroatoms. The van der Waals surface area contributed by atoms with Gasteiger partial charge in [0.05, 0.1) is 0 Å². The SMILES string of the molecule is Nc1c(Cl)nn(CCCCO)c1N. The number of nitrogens with two attached hydrogens (primary N) is 2. The van der Waals surface area contributed by atoms with Crippen LogP contribution in [0.5, 0.6) is 0 Å². The number of aliphatic hydroxyl groups is 1. The summed E-state index contributed by atoms with van der Waals surface area (Å²) >= 11 is 5.66. The minimum atomic E-state index is 0.171. The summed E-state index contributed by atoms with van der Waals surface area (Å²) in [6.45, 7) is 0.799. The van der Waals surface area contributed by atoms with Gasteiger partial charge in [-0.15, -0.1) is 0 Å². The summed E-state index contributed by atoms with van der Waals surface area (Å²) in [5, 5.41) is 12.7. The Morgan fingerprint density at radius 2 is 2.08 bits per heavy atom. The minimum absolute atomic E-state index is 0.171. The second kappa shape index (κ2) is 4.34. The third-order valence-corrected chi connectivity index (χ3v) is 2.04. The average molecular weight is 205 g/mol. The molecule has 0 aliphatic rings. The highest BCUT2D eigenvalue weighted by atomic mass is 35.5. The molecule has 0 radical (unpaired) electrons. The minimum Gasteiger partial charge on any atom is -0.396 e. The van der Waals surface area contributed by atoms with Gasteiger partial charge in [-0.3, -0.25) is 0 Å². The predicted octanol–water partition coefficient (Wildman–Crippen LogP) is 0.473. The molecule has 0 aliphatic carbocycles. The third-order valence-electron chi connectivity index (χ3n) is 1.76. The molecule has 1 heterocycles. The van der Waals surface area contributed by atoms with Crippen molar-refractivity contribution in [2.24, 2.45) is 0 Å². The standard InChI is InChI=1S/C7H13ClN4O/c8-6-5(9)7(10)12(11-6)3-1-2-4-13/h13H,1-4,9-10H2. The lowest BCUT2D eigenvalue weighted by Gasteiger charge is -2.02. The molecule has 0 saturated carbocycles. The Kier molecular flexibility index (Phi) is 3.39. The van der Waals surface area contributed by atoms with Crippen molar-refractivity contribution in [3.05, 3.63) is 5.15 Å². The van der Waals surface area contributed by atoms with Gasteiger partial charge < -0.3 is 16.6 Å². The van der Waals surface area contributed by atoms with Crippen molar-refractivity contribution in [1.29, 1.82) is 0 Å². The number of anilines is 2. The zero-order valence-corrected chi connectivity index (χ0v) is 7.96. The molecule has 1 aromatic rings. The summed E-state index contributed by atoms with van der Waals surface area (Å²) in [5.74, 6) is 0.392. The number of unbranched alkanes of at least 4 members (excludes halogenated alkanes) is 1. The number of rotatable bonds is 4. The Balaban J connectivity index is 2.61. The normalized spacial score (nSPS) is 10.6. The second-order valence-electron chi connectivity index (χ2n) is 2.74. The van der Waals surface area contributed by atoms with Crippen molar-refractivity contribution in [2.75, 3.05) is 18.1 Å². The number of aliphatic hydroxyl groups excluding tert-OH is 1. The maximum absolute atomic E-state index is 8.56. The van der Waals surface area contributed by atoms with Crippen molar-refractivity contribution >= 4 is 23.1 Å². The van der Waals surface area contributed by atoms with Crippen molar-refractivity contribution in [3.63, 3.8) is 0 Å². The largest absolute Gasteiger partial charge is 0.396 e. The van der Waals surface area contributed by atoms with E-state index in [-0.39, 0.29) is 11.8 Å². The first kappa shape index (κ1) is 10.1. The number of hydrogen-bond donors (Lipinski definition) is 3. The highest BCUT2D eigenvalue weighted by molar-refractivity contribution is 6.32. The lowest BCUT2D eigenvalue weighted by molar-refractivity contribution is 0.280. The van der Waals surface area contributed by atoms with Crippen LogP contribution in [0.25, 0.3) is 0 Å². The van der Waals surface area contributed by atoms with Crippen molar-refractivity contribution < 1.29 is 5.11 Å².